The second-order valence-electron chi connectivity index (χ2n) is 7.65. The summed E-state index contributed by atoms with van der Waals surface area (Å²) in [7, 11) is 0. The second kappa shape index (κ2) is 9.30. The third-order valence-electron chi connectivity index (χ3n) is 5.05. The fourth-order valence-corrected chi connectivity index (χ4v) is 3.56. The summed E-state index contributed by atoms with van der Waals surface area (Å²) < 4.78 is 1.82. The van der Waals surface area contributed by atoms with E-state index in [-0.39, 0.29) is 18.0 Å². The van der Waals surface area contributed by atoms with Gasteiger partial charge in [-0.25, -0.2) is 0 Å². The lowest BCUT2D eigenvalue weighted by Gasteiger charge is -2.10. The molecule has 0 unspecified atom stereocenters. The Hall–Kier alpha value is -3.86. The Morgan fingerprint density at radius 3 is 2.39 bits per heavy atom. The van der Waals surface area contributed by atoms with E-state index in [0.29, 0.717) is 24.2 Å². The van der Waals surface area contributed by atoms with Gasteiger partial charge in [0.15, 0.2) is 11.6 Å². The smallest absolute Gasteiger partial charge is 0.188 e. The van der Waals surface area contributed by atoms with Crippen molar-refractivity contribution in [3.05, 3.63) is 119 Å². The summed E-state index contributed by atoms with van der Waals surface area (Å²) in [5, 5.41) is 4.27. The molecular formula is C26H23N3O2. The Morgan fingerprint density at radius 2 is 1.65 bits per heavy atom. The number of benzene rings is 2. The number of Topliss-reactive ketones (excluding diaryl/α,β-unsaturated/α-hetero) is 2. The van der Waals surface area contributed by atoms with E-state index in [1.165, 1.54) is 0 Å². The highest BCUT2D eigenvalue weighted by molar-refractivity contribution is 6.13. The Balaban J connectivity index is 1.60. The maximum atomic E-state index is 13.0. The lowest BCUT2D eigenvalue weighted by Crippen LogP contribution is -2.11. The zero-order valence-electron chi connectivity index (χ0n) is 17.4. The van der Waals surface area contributed by atoms with Gasteiger partial charge in [-0.05, 0) is 65.9 Å². The van der Waals surface area contributed by atoms with E-state index in [9.17, 15) is 9.59 Å². The van der Waals surface area contributed by atoms with Crippen LogP contribution in [0.15, 0.2) is 85.3 Å². The molecule has 2 heterocycles. The molecular weight excluding hydrogens is 386 g/mol. The molecule has 0 spiro atoms. The van der Waals surface area contributed by atoms with E-state index in [4.69, 9.17) is 0 Å². The highest BCUT2D eigenvalue weighted by atomic mass is 16.1. The quantitative estimate of drug-likeness (QED) is 0.313. The Morgan fingerprint density at radius 1 is 0.839 bits per heavy atom. The zero-order valence-corrected chi connectivity index (χ0v) is 17.4. The SMILES string of the molecule is Cc1ccnc(C(=O)CC(=O)c2cc(Cc3ccccc3)cc(Cn3cccn3)c2)c1. The minimum atomic E-state index is -0.268. The van der Waals surface area contributed by atoms with Crippen LogP contribution in [0, 0.1) is 6.92 Å². The number of ketones is 2. The predicted octanol–water partition coefficient (Wildman–Crippen LogP) is 4.68. The van der Waals surface area contributed by atoms with Crippen molar-refractivity contribution in [3.63, 3.8) is 0 Å². The number of carbonyl (C=O) groups is 2. The molecule has 0 fully saturated rings. The van der Waals surface area contributed by atoms with E-state index in [1.54, 1.807) is 18.5 Å². The molecule has 5 heteroatoms. The van der Waals surface area contributed by atoms with Crippen molar-refractivity contribution in [2.75, 3.05) is 0 Å². The van der Waals surface area contributed by atoms with Gasteiger partial charge in [0, 0.05) is 24.2 Å². The van der Waals surface area contributed by atoms with Crippen LogP contribution in [0.4, 0.5) is 0 Å². The van der Waals surface area contributed by atoms with E-state index >= 15 is 0 Å². The average Bonchev–Trinajstić information content (AvgIpc) is 3.27. The number of hydrogen-bond acceptors (Lipinski definition) is 4. The van der Waals surface area contributed by atoms with E-state index in [1.807, 2.05) is 60.3 Å². The van der Waals surface area contributed by atoms with Gasteiger partial charge in [0.1, 0.15) is 5.69 Å². The maximum absolute atomic E-state index is 13.0. The van der Waals surface area contributed by atoms with Gasteiger partial charge in [-0.2, -0.15) is 5.10 Å². The summed E-state index contributed by atoms with van der Waals surface area (Å²) in [4.78, 5) is 29.7. The first-order chi connectivity index (χ1) is 15.1. The van der Waals surface area contributed by atoms with Crippen LogP contribution in [0.3, 0.4) is 0 Å². The fraction of sp³-hybridized carbons (Fsp3) is 0.154. The van der Waals surface area contributed by atoms with Crippen molar-refractivity contribution in [3.8, 4) is 0 Å². The van der Waals surface area contributed by atoms with Crippen LogP contribution in [0.5, 0.6) is 0 Å². The predicted molar refractivity (Wildman–Crippen MR) is 119 cm³/mol. The summed E-state index contributed by atoms with van der Waals surface area (Å²) >= 11 is 0. The van der Waals surface area contributed by atoms with Crippen molar-refractivity contribution in [1.82, 2.24) is 14.8 Å². The van der Waals surface area contributed by atoms with Gasteiger partial charge in [0.05, 0.1) is 13.0 Å². The molecule has 0 N–H and O–H groups in total. The highest BCUT2D eigenvalue weighted by Gasteiger charge is 2.16. The largest absolute Gasteiger partial charge is 0.294 e. The lowest BCUT2D eigenvalue weighted by atomic mass is 9.96. The number of hydrogen-bond donors (Lipinski definition) is 0. The molecule has 0 bridgehead atoms. The molecule has 2 aromatic heterocycles. The Labute approximate surface area is 181 Å². The third-order valence-corrected chi connectivity index (χ3v) is 5.05. The summed E-state index contributed by atoms with van der Waals surface area (Å²) in [5.41, 5.74) is 4.97. The number of aromatic nitrogens is 3. The molecule has 0 aliphatic heterocycles. The molecule has 154 valence electrons. The summed E-state index contributed by atoms with van der Waals surface area (Å²) in [5.74, 6) is -0.472. The first-order valence-electron chi connectivity index (χ1n) is 10.2. The molecule has 0 amide bonds. The van der Waals surface area contributed by atoms with Gasteiger partial charge in [-0.1, -0.05) is 36.4 Å². The monoisotopic (exact) mass is 409 g/mol. The number of carbonyl (C=O) groups excluding carboxylic acids is 2. The minimum Gasteiger partial charge on any atom is -0.294 e. The van der Waals surface area contributed by atoms with Gasteiger partial charge >= 0.3 is 0 Å². The summed E-state index contributed by atoms with van der Waals surface area (Å²) in [6, 6.07) is 21.4. The minimum absolute atomic E-state index is 0.202. The zero-order chi connectivity index (χ0) is 21.6. The van der Waals surface area contributed by atoms with E-state index in [2.05, 4.69) is 28.3 Å². The molecule has 0 saturated heterocycles. The second-order valence-corrected chi connectivity index (χ2v) is 7.65. The lowest BCUT2D eigenvalue weighted by molar-refractivity contribution is 0.0891. The topological polar surface area (TPSA) is 64.8 Å². The van der Waals surface area contributed by atoms with Crippen LogP contribution >= 0.6 is 0 Å². The normalized spacial score (nSPS) is 10.7. The molecule has 0 saturated carbocycles. The molecule has 2 aromatic carbocycles. The van der Waals surface area contributed by atoms with Gasteiger partial charge < -0.3 is 0 Å². The molecule has 0 aliphatic rings. The van der Waals surface area contributed by atoms with Crippen LogP contribution in [0.2, 0.25) is 0 Å². The van der Waals surface area contributed by atoms with Crippen LogP contribution in [-0.4, -0.2) is 26.3 Å². The van der Waals surface area contributed by atoms with Gasteiger partial charge in [-0.3, -0.25) is 19.3 Å². The van der Waals surface area contributed by atoms with Crippen LogP contribution in [0.25, 0.3) is 0 Å². The number of pyridine rings is 1. The number of aryl methyl sites for hydroxylation is 1. The van der Waals surface area contributed by atoms with Crippen molar-refractivity contribution in [2.24, 2.45) is 0 Å². The van der Waals surface area contributed by atoms with E-state index in [0.717, 1.165) is 22.3 Å². The first kappa shape index (κ1) is 20.4. The molecule has 0 aliphatic carbocycles. The van der Waals surface area contributed by atoms with Crippen molar-refractivity contribution < 1.29 is 9.59 Å². The third kappa shape index (κ3) is 5.39. The highest BCUT2D eigenvalue weighted by Crippen LogP contribution is 2.18. The summed E-state index contributed by atoms with van der Waals surface area (Å²) in [6.07, 6.45) is 5.72. The van der Waals surface area contributed by atoms with Crippen molar-refractivity contribution >= 4 is 11.6 Å². The van der Waals surface area contributed by atoms with Crippen LogP contribution < -0.4 is 0 Å². The number of rotatable bonds is 8. The van der Waals surface area contributed by atoms with Gasteiger partial charge in [0.2, 0.25) is 0 Å². The van der Waals surface area contributed by atoms with Crippen LogP contribution in [0.1, 0.15) is 49.5 Å². The molecule has 5 nitrogen and oxygen atoms in total. The fourth-order valence-electron chi connectivity index (χ4n) is 3.56. The molecule has 4 rings (SSSR count). The van der Waals surface area contributed by atoms with Crippen LogP contribution in [-0.2, 0) is 13.0 Å². The summed E-state index contributed by atoms with van der Waals surface area (Å²) in [6.45, 7) is 2.46. The number of nitrogens with zero attached hydrogens (tertiary/aromatic N) is 3. The van der Waals surface area contributed by atoms with Gasteiger partial charge in [0.25, 0.3) is 0 Å². The molecule has 0 atom stereocenters. The van der Waals surface area contributed by atoms with Crippen molar-refractivity contribution in [1.29, 1.82) is 0 Å². The van der Waals surface area contributed by atoms with Gasteiger partial charge in [-0.15, -0.1) is 0 Å². The Bertz CT molecular complexity index is 1200. The van der Waals surface area contributed by atoms with Crippen molar-refractivity contribution in [2.45, 2.75) is 26.3 Å². The van der Waals surface area contributed by atoms with E-state index < -0.39 is 0 Å². The molecule has 0 radical (unpaired) electrons. The standard InChI is InChI=1S/C26H23N3O2/c1-19-8-10-27-24(12-19)26(31)17-25(30)23-15-21(13-20-6-3-2-4-7-20)14-22(16-23)18-29-11-5-9-28-29/h2-12,14-16H,13,17-18H2,1H3. The maximum Gasteiger partial charge on any atom is 0.188 e. The first-order valence-corrected chi connectivity index (χ1v) is 10.2. The average molecular weight is 409 g/mol. The molecule has 31 heavy (non-hydrogen) atoms. The Kier molecular flexibility index (Phi) is 6.13. The molecule has 4 aromatic rings.